The van der Waals surface area contributed by atoms with Gasteiger partial charge in [-0.1, -0.05) is 0 Å². The number of hydrogen-bond acceptors (Lipinski definition) is 5. The van der Waals surface area contributed by atoms with Gasteiger partial charge in [0.15, 0.2) is 0 Å². The Morgan fingerprint density at radius 2 is 1.76 bits per heavy atom. The molecule has 0 spiro atoms. The van der Waals surface area contributed by atoms with Crippen molar-refractivity contribution in [1.82, 2.24) is 9.97 Å². The zero-order valence-corrected chi connectivity index (χ0v) is 11.8. The van der Waals surface area contributed by atoms with Crippen molar-refractivity contribution in [2.45, 2.75) is 6.18 Å². The maximum atomic E-state index is 13.2. The Bertz CT molecular complexity index is 662. The molecular formula is C11H8BrF4N5. The summed E-state index contributed by atoms with van der Waals surface area (Å²) in [6.45, 7) is 0. The average Bonchev–Trinajstić information content (AvgIpc) is 2.41. The summed E-state index contributed by atoms with van der Waals surface area (Å²) < 4.78 is 51.6. The maximum Gasteiger partial charge on any atom is 0.451 e. The minimum Gasteiger partial charge on any atom is -0.339 e. The summed E-state index contributed by atoms with van der Waals surface area (Å²) in [5.41, 5.74) is 2.23. The fourth-order valence-electron chi connectivity index (χ4n) is 1.44. The molecule has 5 nitrogen and oxygen atoms in total. The van der Waals surface area contributed by atoms with E-state index in [1.54, 1.807) is 0 Å². The van der Waals surface area contributed by atoms with Crippen LogP contribution >= 0.6 is 15.9 Å². The predicted molar refractivity (Wildman–Crippen MR) is 72.2 cm³/mol. The second-order valence-electron chi connectivity index (χ2n) is 3.85. The number of nitrogens with zero attached hydrogens (tertiary/aromatic N) is 2. The van der Waals surface area contributed by atoms with Crippen molar-refractivity contribution in [1.29, 1.82) is 0 Å². The van der Waals surface area contributed by atoms with Gasteiger partial charge in [-0.15, -0.1) is 0 Å². The minimum atomic E-state index is -4.73. The Balaban J connectivity index is 2.42. The highest BCUT2D eigenvalue weighted by molar-refractivity contribution is 9.10. The van der Waals surface area contributed by atoms with E-state index in [9.17, 15) is 17.6 Å². The van der Waals surface area contributed by atoms with Crippen LogP contribution in [-0.2, 0) is 6.18 Å². The number of hydrazine groups is 1. The summed E-state index contributed by atoms with van der Waals surface area (Å²) in [5, 5.41) is 2.57. The van der Waals surface area contributed by atoms with E-state index >= 15 is 0 Å². The van der Waals surface area contributed by atoms with Crippen LogP contribution in [0.1, 0.15) is 5.82 Å². The van der Waals surface area contributed by atoms with Crippen LogP contribution < -0.4 is 16.6 Å². The Hall–Kier alpha value is -1.94. The molecule has 2 aromatic rings. The van der Waals surface area contributed by atoms with Crippen LogP contribution in [0.15, 0.2) is 28.7 Å². The highest BCUT2D eigenvalue weighted by Crippen LogP contribution is 2.30. The number of hydrogen-bond donors (Lipinski definition) is 3. The van der Waals surface area contributed by atoms with E-state index in [4.69, 9.17) is 5.84 Å². The van der Waals surface area contributed by atoms with Crippen LogP contribution in [-0.4, -0.2) is 9.97 Å². The number of anilines is 3. The lowest BCUT2D eigenvalue weighted by Gasteiger charge is -2.12. The number of halogens is 5. The molecule has 0 aliphatic heterocycles. The third-order valence-corrected chi connectivity index (χ3v) is 3.01. The zero-order valence-electron chi connectivity index (χ0n) is 10.2. The van der Waals surface area contributed by atoms with E-state index in [0.717, 1.165) is 12.1 Å². The maximum absolute atomic E-state index is 13.2. The van der Waals surface area contributed by atoms with Crippen LogP contribution in [0, 0.1) is 5.82 Å². The number of nitrogens with two attached hydrogens (primary N) is 1. The van der Waals surface area contributed by atoms with Gasteiger partial charge in [-0.2, -0.15) is 13.2 Å². The SMILES string of the molecule is NNc1cc(Nc2cc(F)ccc2Br)nc(C(F)(F)F)n1. The van der Waals surface area contributed by atoms with Crippen LogP contribution in [0.25, 0.3) is 0 Å². The topological polar surface area (TPSA) is 75.9 Å². The monoisotopic (exact) mass is 365 g/mol. The summed E-state index contributed by atoms with van der Waals surface area (Å²) in [6, 6.07) is 4.87. The van der Waals surface area contributed by atoms with Gasteiger partial charge in [-0.3, -0.25) is 0 Å². The van der Waals surface area contributed by atoms with E-state index < -0.39 is 17.8 Å². The number of aromatic nitrogens is 2. The normalized spacial score (nSPS) is 11.3. The fraction of sp³-hybridized carbons (Fsp3) is 0.0909. The molecule has 1 aromatic heterocycles. The second-order valence-corrected chi connectivity index (χ2v) is 4.71. The minimum absolute atomic E-state index is 0.184. The lowest BCUT2D eigenvalue weighted by atomic mass is 10.3. The third kappa shape index (κ3) is 3.79. The van der Waals surface area contributed by atoms with E-state index in [0.29, 0.717) is 4.47 Å². The average molecular weight is 366 g/mol. The molecule has 4 N–H and O–H groups in total. The summed E-state index contributed by atoms with van der Waals surface area (Å²) in [4.78, 5) is 6.54. The Labute approximate surface area is 124 Å². The van der Waals surface area contributed by atoms with Gasteiger partial charge in [-0.05, 0) is 34.1 Å². The number of nitrogens with one attached hydrogen (secondary N) is 2. The number of rotatable bonds is 3. The van der Waals surface area contributed by atoms with Crippen LogP contribution in [0.4, 0.5) is 34.9 Å². The first-order valence-corrected chi connectivity index (χ1v) is 6.24. The molecule has 112 valence electrons. The van der Waals surface area contributed by atoms with Gasteiger partial charge in [0.05, 0.1) is 5.69 Å². The van der Waals surface area contributed by atoms with Gasteiger partial charge in [-0.25, -0.2) is 20.2 Å². The third-order valence-electron chi connectivity index (χ3n) is 2.32. The smallest absolute Gasteiger partial charge is 0.339 e. The Morgan fingerprint density at radius 3 is 2.38 bits per heavy atom. The van der Waals surface area contributed by atoms with E-state index in [-0.39, 0.29) is 17.3 Å². The van der Waals surface area contributed by atoms with Crippen LogP contribution in [0.3, 0.4) is 0 Å². The molecule has 0 bridgehead atoms. The second kappa shape index (κ2) is 5.82. The van der Waals surface area contributed by atoms with Gasteiger partial charge in [0.25, 0.3) is 0 Å². The largest absolute Gasteiger partial charge is 0.451 e. The van der Waals surface area contributed by atoms with Crippen LogP contribution in [0.5, 0.6) is 0 Å². The van der Waals surface area contributed by atoms with E-state index in [2.05, 4.69) is 31.2 Å². The molecule has 0 amide bonds. The molecule has 0 radical (unpaired) electrons. The fourth-order valence-corrected chi connectivity index (χ4v) is 1.79. The molecule has 0 fully saturated rings. The van der Waals surface area contributed by atoms with Crippen molar-refractivity contribution < 1.29 is 17.6 Å². The molecule has 2 rings (SSSR count). The molecule has 0 unspecified atom stereocenters. The Morgan fingerprint density at radius 1 is 1.10 bits per heavy atom. The van der Waals surface area contributed by atoms with Gasteiger partial charge in [0, 0.05) is 10.5 Å². The van der Waals surface area contributed by atoms with Crippen molar-refractivity contribution in [3.05, 3.63) is 40.4 Å². The zero-order chi connectivity index (χ0) is 15.6. The summed E-state index contributed by atoms with van der Waals surface area (Å²) in [6.07, 6.45) is -4.73. The number of benzene rings is 1. The van der Waals surface area contributed by atoms with E-state index in [1.807, 2.05) is 5.43 Å². The highest BCUT2D eigenvalue weighted by atomic mass is 79.9. The Kier molecular flexibility index (Phi) is 4.28. The van der Waals surface area contributed by atoms with Crippen molar-refractivity contribution >= 4 is 33.3 Å². The van der Waals surface area contributed by atoms with Gasteiger partial charge >= 0.3 is 6.18 Å². The van der Waals surface area contributed by atoms with Crippen molar-refractivity contribution in [2.75, 3.05) is 10.7 Å². The molecule has 0 saturated heterocycles. The molecular weight excluding hydrogens is 358 g/mol. The molecule has 10 heteroatoms. The number of nitrogen functional groups attached to an aromatic ring is 1. The molecule has 0 atom stereocenters. The van der Waals surface area contributed by atoms with E-state index in [1.165, 1.54) is 12.1 Å². The predicted octanol–water partition coefficient (Wildman–Crippen LogP) is 3.43. The molecule has 0 saturated carbocycles. The van der Waals surface area contributed by atoms with Gasteiger partial charge in [0.1, 0.15) is 17.5 Å². The molecule has 0 aliphatic carbocycles. The van der Waals surface area contributed by atoms with Crippen molar-refractivity contribution in [3.63, 3.8) is 0 Å². The number of alkyl halides is 3. The molecule has 1 heterocycles. The molecule has 1 aromatic carbocycles. The lowest BCUT2D eigenvalue weighted by Crippen LogP contribution is -2.16. The standard InChI is InChI=1S/C11H8BrF4N5/c12-6-2-1-5(13)3-7(6)18-8-4-9(21-17)20-10(19-8)11(14,15)16/h1-4H,17H2,(H2,18,19,20,21). The van der Waals surface area contributed by atoms with Crippen molar-refractivity contribution in [2.24, 2.45) is 5.84 Å². The van der Waals surface area contributed by atoms with Gasteiger partial charge < -0.3 is 10.7 Å². The van der Waals surface area contributed by atoms with Gasteiger partial charge in [0.2, 0.25) is 5.82 Å². The highest BCUT2D eigenvalue weighted by Gasteiger charge is 2.35. The summed E-state index contributed by atoms with van der Waals surface area (Å²) in [7, 11) is 0. The van der Waals surface area contributed by atoms with Crippen molar-refractivity contribution in [3.8, 4) is 0 Å². The lowest BCUT2D eigenvalue weighted by molar-refractivity contribution is -0.144. The molecule has 0 aliphatic rings. The first-order valence-electron chi connectivity index (χ1n) is 5.44. The first-order chi connectivity index (χ1) is 9.79. The quantitative estimate of drug-likeness (QED) is 0.441. The first kappa shape index (κ1) is 15.4. The summed E-state index contributed by atoms with van der Waals surface area (Å²) in [5.74, 6) is 2.74. The summed E-state index contributed by atoms with van der Waals surface area (Å²) >= 11 is 3.15. The molecule has 21 heavy (non-hydrogen) atoms. The van der Waals surface area contributed by atoms with Crippen LogP contribution in [0.2, 0.25) is 0 Å².